The zero-order valence-corrected chi connectivity index (χ0v) is 13.2. The Hall–Kier alpha value is -2.34. The molecule has 1 amide bonds. The van der Waals surface area contributed by atoms with Gasteiger partial charge in [-0.1, -0.05) is 36.4 Å². The fraction of sp³-hybridized carbons (Fsp3) is 0.412. The standard InChI is InChI=1S/C17H24N2O4/c1-2-11-18-15(16(20)21)10-6-7-12-19-17(22)23-13-14-8-4-3-5-9-14/h2-5,8-9,15,18H,1,6-7,10-13H2,(H,19,22)(H,20,21)/t15-/m0/s1. The minimum Gasteiger partial charge on any atom is -0.480 e. The van der Waals surface area contributed by atoms with Gasteiger partial charge in [0, 0.05) is 13.1 Å². The molecule has 0 fully saturated rings. The molecule has 0 aromatic heterocycles. The second-order valence-electron chi connectivity index (χ2n) is 5.07. The highest BCUT2D eigenvalue weighted by Gasteiger charge is 2.15. The molecule has 0 saturated heterocycles. The minimum atomic E-state index is -0.873. The number of aliphatic carboxylic acids is 1. The molecule has 1 atom stereocenters. The Morgan fingerprint density at radius 1 is 1.26 bits per heavy atom. The van der Waals surface area contributed by atoms with Crippen LogP contribution in [0, 0.1) is 0 Å². The second-order valence-corrected chi connectivity index (χ2v) is 5.07. The van der Waals surface area contributed by atoms with Crippen molar-refractivity contribution in [2.45, 2.75) is 31.9 Å². The monoisotopic (exact) mass is 320 g/mol. The van der Waals surface area contributed by atoms with Crippen molar-refractivity contribution in [1.29, 1.82) is 0 Å². The predicted molar refractivity (Wildman–Crippen MR) is 88.1 cm³/mol. The van der Waals surface area contributed by atoms with E-state index < -0.39 is 18.1 Å². The zero-order valence-electron chi connectivity index (χ0n) is 13.2. The Labute approximate surface area is 136 Å². The number of carbonyl (C=O) groups is 2. The van der Waals surface area contributed by atoms with Crippen LogP contribution in [0.3, 0.4) is 0 Å². The van der Waals surface area contributed by atoms with Crippen LogP contribution in [0.5, 0.6) is 0 Å². The lowest BCUT2D eigenvalue weighted by atomic mass is 10.1. The second kappa shape index (κ2) is 11.3. The van der Waals surface area contributed by atoms with Crippen molar-refractivity contribution in [3.05, 3.63) is 48.6 Å². The Balaban J connectivity index is 2.10. The van der Waals surface area contributed by atoms with Crippen LogP contribution in [-0.4, -0.2) is 36.3 Å². The van der Waals surface area contributed by atoms with Crippen molar-refractivity contribution in [3.8, 4) is 0 Å². The first-order valence-electron chi connectivity index (χ1n) is 7.65. The lowest BCUT2D eigenvalue weighted by Gasteiger charge is -2.13. The van der Waals surface area contributed by atoms with Gasteiger partial charge in [0.15, 0.2) is 0 Å². The van der Waals surface area contributed by atoms with Gasteiger partial charge < -0.3 is 20.5 Å². The van der Waals surface area contributed by atoms with Gasteiger partial charge in [0.05, 0.1) is 0 Å². The Morgan fingerprint density at radius 2 is 2.00 bits per heavy atom. The maximum atomic E-state index is 11.5. The average molecular weight is 320 g/mol. The number of amides is 1. The first-order valence-corrected chi connectivity index (χ1v) is 7.65. The number of unbranched alkanes of at least 4 members (excludes halogenated alkanes) is 1. The molecule has 1 rings (SSSR count). The van der Waals surface area contributed by atoms with E-state index in [0.29, 0.717) is 32.4 Å². The molecule has 0 radical (unpaired) electrons. The molecule has 1 aromatic rings. The van der Waals surface area contributed by atoms with Crippen LogP contribution < -0.4 is 10.6 Å². The van der Waals surface area contributed by atoms with E-state index in [1.165, 1.54) is 0 Å². The van der Waals surface area contributed by atoms with Gasteiger partial charge in [-0.05, 0) is 24.8 Å². The molecule has 6 nitrogen and oxygen atoms in total. The van der Waals surface area contributed by atoms with E-state index in [0.717, 1.165) is 5.56 Å². The van der Waals surface area contributed by atoms with Gasteiger partial charge in [-0.15, -0.1) is 6.58 Å². The van der Waals surface area contributed by atoms with Gasteiger partial charge in [-0.25, -0.2) is 4.79 Å². The Bertz CT molecular complexity index is 491. The fourth-order valence-electron chi connectivity index (χ4n) is 1.98. The van der Waals surface area contributed by atoms with Crippen LogP contribution in [0.1, 0.15) is 24.8 Å². The highest BCUT2D eigenvalue weighted by Crippen LogP contribution is 2.02. The summed E-state index contributed by atoms with van der Waals surface area (Å²) < 4.78 is 5.08. The highest BCUT2D eigenvalue weighted by molar-refractivity contribution is 5.73. The molecule has 0 aliphatic heterocycles. The first kappa shape index (κ1) is 18.7. The van der Waals surface area contributed by atoms with Gasteiger partial charge in [-0.3, -0.25) is 4.79 Å². The number of rotatable bonds is 11. The molecule has 0 saturated carbocycles. The molecule has 3 N–H and O–H groups in total. The number of carboxylic acids is 1. The molecule has 126 valence electrons. The molecule has 0 bridgehead atoms. The summed E-state index contributed by atoms with van der Waals surface area (Å²) in [5.41, 5.74) is 0.931. The average Bonchev–Trinajstić information content (AvgIpc) is 2.56. The molecule has 0 aliphatic carbocycles. The number of nitrogens with one attached hydrogen (secondary N) is 2. The number of hydrogen-bond acceptors (Lipinski definition) is 4. The van der Waals surface area contributed by atoms with Crippen molar-refractivity contribution in [3.63, 3.8) is 0 Å². The third kappa shape index (κ3) is 8.63. The van der Waals surface area contributed by atoms with Crippen LogP contribution in [0.4, 0.5) is 4.79 Å². The summed E-state index contributed by atoms with van der Waals surface area (Å²) in [7, 11) is 0. The van der Waals surface area contributed by atoms with E-state index in [1.807, 2.05) is 30.3 Å². The topological polar surface area (TPSA) is 87.7 Å². The van der Waals surface area contributed by atoms with Crippen molar-refractivity contribution < 1.29 is 19.4 Å². The molecule has 6 heteroatoms. The highest BCUT2D eigenvalue weighted by atomic mass is 16.5. The van der Waals surface area contributed by atoms with E-state index in [-0.39, 0.29) is 6.61 Å². The third-order valence-electron chi connectivity index (χ3n) is 3.21. The summed E-state index contributed by atoms with van der Waals surface area (Å²) in [5.74, 6) is -0.873. The number of carboxylic acid groups (broad SMARTS) is 1. The van der Waals surface area contributed by atoms with Crippen LogP contribution in [-0.2, 0) is 16.1 Å². The zero-order chi connectivity index (χ0) is 16.9. The number of hydrogen-bond donors (Lipinski definition) is 3. The predicted octanol–water partition coefficient (Wildman–Crippen LogP) is 2.31. The molecule has 0 unspecified atom stereocenters. The largest absolute Gasteiger partial charge is 0.480 e. The Kier molecular flexibility index (Phi) is 9.16. The van der Waals surface area contributed by atoms with Crippen molar-refractivity contribution in [2.75, 3.05) is 13.1 Å². The number of carbonyl (C=O) groups excluding carboxylic acids is 1. The van der Waals surface area contributed by atoms with Crippen LogP contribution >= 0.6 is 0 Å². The van der Waals surface area contributed by atoms with Gasteiger partial charge >= 0.3 is 12.1 Å². The van der Waals surface area contributed by atoms with Crippen molar-refractivity contribution in [1.82, 2.24) is 10.6 Å². The van der Waals surface area contributed by atoms with Crippen LogP contribution in [0.25, 0.3) is 0 Å². The number of benzene rings is 1. The number of ether oxygens (including phenoxy) is 1. The van der Waals surface area contributed by atoms with Crippen LogP contribution in [0.2, 0.25) is 0 Å². The molecular weight excluding hydrogens is 296 g/mol. The molecule has 0 heterocycles. The molecule has 0 spiro atoms. The summed E-state index contributed by atoms with van der Waals surface area (Å²) in [4.78, 5) is 22.5. The van der Waals surface area contributed by atoms with Crippen molar-refractivity contribution in [2.24, 2.45) is 0 Å². The van der Waals surface area contributed by atoms with E-state index in [9.17, 15) is 9.59 Å². The normalized spacial score (nSPS) is 11.5. The van der Waals surface area contributed by atoms with Gasteiger partial charge in [0.1, 0.15) is 12.6 Å². The van der Waals surface area contributed by atoms with Gasteiger partial charge in [0.2, 0.25) is 0 Å². The van der Waals surface area contributed by atoms with E-state index >= 15 is 0 Å². The summed E-state index contributed by atoms with van der Waals surface area (Å²) in [6.07, 6.45) is 3.05. The maximum absolute atomic E-state index is 11.5. The maximum Gasteiger partial charge on any atom is 0.407 e. The third-order valence-corrected chi connectivity index (χ3v) is 3.21. The van der Waals surface area contributed by atoms with E-state index in [2.05, 4.69) is 17.2 Å². The quantitative estimate of drug-likeness (QED) is 0.430. The molecule has 23 heavy (non-hydrogen) atoms. The van der Waals surface area contributed by atoms with Crippen LogP contribution in [0.15, 0.2) is 43.0 Å². The lowest BCUT2D eigenvalue weighted by Crippen LogP contribution is -2.36. The molecule has 0 aliphatic rings. The van der Waals surface area contributed by atoms with Gasteiger partial charge in [-0.2, -0.15) is 0 Å². The van der Waals surface area contributed by atoms with E-state index in [1.54, 1.807) is 6.08 Å². The Morgan fingerprint density at radius 3 is 2.65 bits per heavy atom. The fourth-order valence-corrected chi connectivity index (χ4v) is 1.98. The van der Waals surface area contributed by atoms with Gasteiger partial charge in [0.25, 0.3) is 0 Å². The van der Waals surface area contributed by atoms with Crippen molar-refractivity contribution >= 4 is 12.1 Å². The summed E-state index contributed by atoms with van der Waals surface area (Å²) in [6, 6.07) is 8.85. The minimum absolute atomic E-state index is 0.235. The summed E-state index contributed by atoms with van der Waals surface area (Å²) in [6.45, 7) is 4.70. The first-order chi connectivity index (χ1) is 11.1. The van der Waals surface area contributed by atoms with E-state index in [4.69, 9.17) is 9.84 Å². The molecule has 1 aromatic carbocycles. The number of alkyl carbamates (subject to hydrolysis) is 1. The SMILES string of the molecule is C=CCN[C@@H](CCCCNC(=O)OCc1ccccc1)C(=O)O. The molecular formula is C17H24N2O4. The summed E-state index contributed by atoms with van der Waals surface area (Å²) in [5, 5.41) is 14.6. The smallest absolute Gasteiger partial charge is 0.407 e. The summed E-state index contributed by atoms with van der Waals surface area (Å²) >= 11 is 0. The lowest BCUT2D eigenvalue weighted by molar-refractivity contribution is -0.139.